The minimum absolute atomic E-state index is 0.0153. The van der Waals surface area contributed by atoms with Crippen molar-refractivity contribution < 1.29 is 28.5 Å². The van der Waals surface area contributed by atoms with E-state index in [1.807, 2.05) is 0 Å². The Hall–Kier alpha value is -1.13. The van der Waals surface area contributed by atoms with Crippen LogP contribution < -0.4 is 4.74 Å². The van der Waals surface area contributed by atoms with Gasteiger partial charge in [0.1, 0.15) is 18.4 Å². The third kappa shape index (κ3) is 5.65. The minimum atomic E-state index is -2.16. The van der Waals surface area contributed by atoms with Gasteiger partial charge in [-0.3, -0.25) is 4.57 Å². The quantitative estimate of drug-likeness (QED) is 0.277. The van der Waals surface area contributed by atoms with Crippen LogP contribution in [0.3, 0.4) is 0 Å². The van der Waals surface area contributed by atoms with Gasteiger partial charge in [0.25, 0.3) is 0 Å². The maximum atomic E-state index is 11.4. The molecule has 1 N–H and O–H groups in total. The zero-order chi connectivity index (χ0) is 26.5. The van der Waals surface area contributed by atoms with Crippen LogP contribution in [0.4, 0.5) is 0 Å². The van der Waals surface area contributed by atoms with Gasteiger partial charge in [0, 0.05) is 14.7 Å². The molecule has 2 aromatic heterocycles. The molecule has 0 aromatic carbocycles. The highest BCUT2D eigenvalue weighted by Gasteiger charge is 2.62. The monoisotopic (exact) mass is 558 g/mol. The van der Waals surface area contributed by atoms with Crippen LogP contribution >= 0.6 is 11.6 Å². The molecule has 2 aliphatic heterocycles. The minimum Gasteiger partial charge on any atom is -0.456 e. The highest BCUT2D eigenvalue weighted by molar-refractivity contribution is 6.76. The van der Waals surface area contributed by atoms with Gasteiger partial charge in [-0.15, -0.1) is 0 Å². The molecule has 36 heavy (non-hydrogen) atoms. The van der Waals surface area contributed by atoms with Crippen molar-refractivity contribution in [1.29, 1.82) is 0 Å². The van der Waals surface area contributed by atoms with Crippen molar-refractivity contribution in [2.75, 3.05) is 19.8 Å². The first-order valence-electron chi connectivity index (χ1n) is 12.4. The average Bonchev–Trinajstić information content (AvgIpc) is 3.35. The Labute approximate surface area is 219 Å². The highest BCUT2D eigenvalue weighted by atomic mass is 35.5. The molecule has 202 valence electrons. The molecular formula is C23H39ClN4O6Si2. The van der Waals surface area contributed by atoms with Gasteiger partial charge in [-0.2, -0.15) is 9.97 Å². The lowest BCUT2D eigenvalue weighted by molar-refractivity contribution is -0.221. The van der Waals surface area contributed by atoms with Crippen LogP contribution in [0.1, 0.15) is 20.8 Å². The largest absolute Gasteiger partial charge is 0.456 e. The van der Waals surface area contributed by atoms with E-state index in [4.69, 9.17) is 35.0 Å². The molecular weight excluding hydrogens is 520 g/mol. The van der Waals surface area contributed by atoms with Crippen LogP contribution in [0.25, 0.3) is 11.2 Å². The van der Waals surface area contributed by atoms with Crippen LogP contribution in [0, 0.1) is 0 Å². The Morgan fingerprint density at radius 3 is 2.58 bits per heavy atom. The lowest BCUT2D eigenvalue weighted by Gasteiger charge is -2.40. The Morgan fingerprint density at radius 2 is 1.92 bits per heavy atom. The molecule has 10 nitrogen and oxygen atoms in total. The summed E-state index contributed by atoms with van der Waals surface area (Å²) in [5.41, 5.74) is 1.04. The topological polar surface area (TPSA) is 110 Å². The normalized spacial score (nSPS) is 27.1. The van der Waals surface area contributed by atoms with Crippen molar-refractivity contribution >= 4 is 39.2 Å². The number of hydrogen-bond acceptors (Lipinski definition) is 9. The van der Waals surface area contributed by atoms with Gasteiger partial charge in [0.2, 0.25) is 11.1 Å². The molecule has 0 aliphatic carbocycles. The molecule has 0 saturated carbocycles. The number of rotatable bonds is 9. The Bertz CT molecular complexity index is 1090. The molecule has 4 rings (SSSR count). The third-order valence-electron chi connectivity index (χ3n) is 7.27. The summed E-state index contributed by atoms with van der Waals surface area (Å²) in [5.74, 6) is -1.59. The van der Waals surface area contributed by atoms with Gasteiger partial charge in [-0.05, 0) is 35.8 Å². The Balaban J connectivity index is 1.52. The molecule has 2 fully saturated rings. The van der Waals surface area contributed by atoms with Crippen molar-refractivity contribution in [1.82, 2.24) is 19.5 Å². The maximum absolute atomic E-state index is 11.4. The van der Waals surface area contributed by atoms with E-state index < -0.39 is 40.5 Å². The number of nitrogens with zero attached hydrogens (tertiary/aromatic N) is 4. The van der Waals surface area contributed by atoms with E-state index >= 15 is 0 Å². The zero-order valence-corrected chi connectivity index (χ0v) is 25.3. The Morgan fingerprint density at radius 1 is 1.19 bits per heavy atom. The predicted octanol–water partition coefficient (Wildman–Crippen LogP) is 4.05. The summed E-state index contributed by atoms with van der Waals surface area (Å²) in [6, 6.07) is 1.32. The fourth-order valence-corrected chi connectivity index (χ4v) is 6.16. The zero-order valence-electron chi connectivity index (χ0n) is 22.5. The smallest absolute Gasteiger partial charge is 0.301 e. The van der Waals surface area contributed by atoms with E-state index in [0.29, 0.717) is 17.8 Å². The van der Waals surface area contributed by atoms with Gasteiger partial charge in [-0.25, -0.2) is 4.98 Å². The van der Waals surface area contributed by atoms with E-state index in [1.165, 1.54) is 0 Å². The highest BCUT2D eigenvalue weighted by Crippen LogP contribution is 2.44. The first kappa shape index (κ1) is 27.9. The van der Waals surface area contributed by atoms with Gasteiger partial charge in [0.15, 0.2) is 26.2 Å². The fourth-order valence-electron chi connectivity index (χ4n) is 3.97. The van der Waals surface area contributed by atoms with Crippen LogP contribution in [-0.2, 0) is 25.4 Å². The summed E-state index contributed by atoms with van der Waals surface area (Å²) in [6.45, 7) is 18.9. The van der Waals surface area contributed by atoms with Crippen molar-refractivity contribution in [3.05, 3.63) is 11.5 Å². The fraction of sp³-hybridized carbons (Fsp3) is 0.783. The van der Waals surface area contributed by atoms with E-state index in [1.54, 1.807) is 10.8 Å². The molecule has 2 aromatic rings. The number of fused-ring (bicyclic) bond motifs is 2. The Kier molecular flexibility index (Phi) is 7.66. The van der Waals surface area contributed by atoms with Gasteiger partial charge < -0.3 is 28.5 Å². The average molecular weight is 559 g/mol. The van der Waals surface area contributed by atoms with E-state index in [2.05, 4.69) is 68.5 Å². The second-order valence-corrected chi connectivity index (χ2v) is 23.1. The number of aromatic nitrogens is 4. The van der Waals surface area contributed by atoms with Gasteiger partial charge in [0.05, 0.1) is 19.4 Å². The standard InChI is InChI=1S/C23H39ClN4O6Si2/c1-22(2,3)36(7,8)34-17-13-31-18-16(12-32-23(17,18)29)33-21-27-19-15(11-25-20(24)26-19)28(21)14-30-9-10-35(4,5)6/h11,16-18,29H,9-10,12-14H2,1-8H3/t16-,17-,18-,23-/m1/s1. The molecule has 4 heterocycles. The van der Waals surface area contributed by atoms with E-state index in [-0.39, 0.29) is 36.3 Å². The summed E-state index contributed by atoms with van der Waals surface area (Å²) < 4.78 is 32.3. The molecule has 0 bridgehead atoms. The molecule has 2 saturated heterocycles. The molecule has 4 atom stereocenters. The SMILES string of the molecule is CC(C)(C)[Si](C)(C)O[C@@H]1CO[C@@H]2[C@H](Oc3nc4nc(Cl)ncc4n3COCC[Si](C)(C)C)CO[C@@]21O. The van der Waals surface area contributed by atoms with Gasteiger partial charge in [-0.1, -0.05) is 40.4 Å². The lowest BCUT2D eigenvalue weighted by atomic mass is 10.1. The van der Waals surface area contributed by atoms with Crippen LogP contribution in [0.5, 0.6) is 6.01 Å². The van der Waals surface area contributed by atoms with Crippen molar-refractivity contribution in [3.63, 3.8) is 0 Å². The van der Waals surface area contributed by atoms with E-state index in [0.717, 1.165) is 6.04 Å². The number of ether oxygens (including phenoxy) is 4. The predicted molar refractivity (Wildman–Crippen MR) is 142 cm³/mol. The second kappa shape index (κ2) is 9.88. The number of aliphatic hydroxyl groups is 1. The van der Waals surface area contributed by atoms with Crippen molar-refractivity contribution in [2.24, 2.45) is 0 Å². The molecule has 2 aliphatic rings. The summed E-state index contributed by atoms with van der Waals surface area (Å²) in [7, 11) is -3.40. The summed E-state index contributed by atoms with van der Waals surface area (Å²) in [5, 5.41) is 11.5. The first-order valence-corrected chi connectivity index (χ1v) is 19.4. The molecule has 0 unspecified atom stereocenters. The molecule has 0 spiro atoms. The van der Waals surface area contributed by atoms with Crippen LogP contribution in [0.15, 0.2) is 6.20 Å². The number of imidazole rings is 1. The van der Waals surface area contributed by atoms with Crippen LogP contribution in [-0.4, -0.2) is 84.9 Å². The van der Waals surface area contributed by atoms with Gasteiger partial charge >= 0.3 is 6.01 Å². The number of hydrogen-bond donors (Lipinski definition) is 1. The number of halogens is 1. The van der Waals surface area contributed by atoms with Crippen LogP contribution in [0.2, 0.25) is 49.1 Å². The van der Waals surface area contributed by atoms with Crippen molar-refractivity contribution in [2.45, 2.75) is 95.4 Å². The molecule has 0 radical (unpaired) electrons. The second-order valence-electron chi connectivity index (χ2n) is 12.4. The summed E-state index contributed by atoms with van der Waals surface area (Å²) in [6.07, 6.45) is -0.305. The first-order chi connectivity index (χ1) is 16.6. The molecule has 13 heteroatoms. The summed E-state index contributed by atoms with van der Waals surface area (Å²) >= 11 is 6.00. The maximum Gasteiger partial charge on any atom is 0.301 e. The molecule has 0 amide bonds. The van der Waals surface area contributed by atoms with Crippen molar-refractivity contribution in [3.8, 4) is 6.01 Å². The third-order valence-corrected chi connectivity index (χ3v) is 13.6. The summed E-state index contributed by atoms with van der Waals surface area (Å²) in [4.78, 5) is 12.8. The van der Waals surface area contributed by atoms with E-state index in [9.17, 15) is 5.11 Å². The lowest BCUT2D eigenvalue weighted by Crippen LogP contribution is -2.54.